The molecule has 0 saturated carbocycles. The van der Waals surface area contributed by atoms with Gasteiger partial charge in [0.05, 0.1) is 17.1 Å². The molecule has 1 aliphatic rings. The fourth-order valence-electron chi connectivity index (χ4n) is 3.00. The van der Waals surface area contributed by atoms with Crippen molar-refractivity contribution >= 4 is 46.6 Å². The smallest absolute Gasteiger partial charge is 0.279 e. The second-order valence-electron chi connectivity index (χ2n) is 6.49. The number of anilines is 1. The monoisotopic (exact) mass is 401 g/mol. The quantitative estimate of drug-likeness (QED) is 0.639. The van der Waals surface area contributed by atoms with Crippen LogP contribution >= 0.6 is 23.2 Å². The molecule has 0 spiro atoms. The number of rotatable bonds is 6. The van der Waals surface area contributed by atoms with Gasteiger partial charge in [-0.05, 0) is 37.5 Å². The minimum Gasteiger partial charge on any atom is -0.368 e. The summed E-state index contributed by atoms with van der Waals surface area (Å²) in [6.07, 6.45) is 2.33. The highest BCUT2D eigenvalue weighted by Gasteiger charge is 2.32. The Labute approximate surface area is 162 Å². The predicted molar refractivity (Wildman–Crippen MR) is 100 cm³/mol. The number of amides is 3. The summed E-state index contributed by atoms with van der Waals surface area (Å²) in [6, 6.07) is 4.26. The largest absolute Gasteiger partial charge is 0.368 e. The van der Waals surface area contributed by atoms with Gasteiger partial charge in [-0.3, -0.25) is 14.4 Å². The van der Waals surface area contributed by atoms with Crippen molar-refractivity contribution in [2.24, 2.45) is 5.73 Å². The maximum Gasteiger partial charge on any atom is 0.279 e. The lowest BCUT2D eigenvalue weighted by atomic mass is 10.0. The molecule has 7 nitrogen and oxygen atoms in total. The molecule has 1 aliphatic heterocycles. The van der Waals surface area contributed by atoms with Crippen LogP contribution in [0.1, 0.15) is 19.3 Å². The van der Waals surface area contributed by atoms with E-state index in [1.807, 2.05) is 0 Å². The zero-order valence-corrected chi connectivity index (χ0v) is 16.1. The molecule has 1 saturated heterocycles. The van der Waals surface area contributed by atoms with Gasteiger partial charge in [0.1, 0.15) is 6.04 Å². The van der Waals surface area contributed by atoms with Crippen molar-refractivity contribution in [2.45, 2.75) is 25.3 Å². The minimum atomic E-state index is -0.547. The molecule has 1 aromatic rings. The van der Waals surface area contributed by atoms with E-state index in [0.717, 1.165) is 12.8 Å². The number of carbonyl (C=O) groups is 3. The summed E-state index contributed by atoms with van der Waals surface area (Å²) in [5.41, 5.74) is 5.93. The standard InChI is InChI=1S/C17H22Cl2N4O3/c1-22(9-15(24)21-11-5-6-12(18)13(19)8-11)10-16(25)23-7-3-2-4-14(23)17(20)26/h5-6,8,14H,2-4,7,9-10H2,1H3,(H2,20,26)(H,21,24)/p+1/t14-/m0/s1. The van der Waals surface area contributed by atoms with E-state index in [2.05, 4.69) is 5.32 Å². The highest BCUT2D eigenvalue weighted by Crippen LogP contribution is 2.24. The second-order valence-corrected chi connectivity index (χ2v) is 7.30. The molecule has 0 aliphatic carbocycles. The average Bonchev–Trinajstić information content (AvgIpc) is 2.57. The van der Waals surface area contributed by atoms with Gasteiger partial charge >= 0.3 is 0 Å². The fraction of sp³-hybridized carbons (Fsp3) is 0.471. The number of hydrogen-bond acceptors (Lipinski definition) is 3. The fourth-order valence-corrected chi connectivity index (χ4v) is 3.30. The van der Waals surface area contributed by atoms with Crippen molar-refractivity contribution in [3.8, 4) is 0 Å². The van der Waals surface area contributed by atoms with Crippen LogP contribution in [0.4, 0.5) is 5.69 Å². The van der Waals surface area contributed by atoms with Crippen molar-refractivity contribution in [3.63, 3.8) is 0 Å². The SMILES string of the molecule is C[NH+](CC(=O)Nc1ccc(Cl)c(Cl)c1)CC(=O)N1CCCC[C@H]1C(N)=O. The first-order valence-corrected chi connectivity index (χ1v) is 9.18. The zero-order valence-electron chi connectivity index (χ0n) is 14.6. The lowest BCUT2D eigenvalue weighted by Crippen LogP contribution is -3.11. The number of likely N-dealkylation sites (N-methyl/N-ethyl adjacent to an activating group) is 1. The summed E-state index contributed by atoms with van der Waals surface area (Å²) < 4.78 is 0. The molecule has 1 fully saturated rings. The number of nitrogens with two attached hydrogens (primary N) is 1. The molecule has 4 N–H and O–H groups in total. The molecular weight excluding hydrogens is 379 g/mol. The summed E-state index contributed by atoms with van der Waals surface area (Å²) in [5, 5.41) is 3.47. The van der Waals surface area contributed by atoms with Crippen LogP contribution in [-0.2, 0) is 14.4 Å². The molecule has 0 aromatic heterocycles. The van der Waals surface area contributed by atoms with Crippen molar-refractivity contribution in [1.82, 2.24) is 4.90 Å². The molecule has 26 heavy (non-hydrogen) atoms. The molecule has 2 atom stereocenters. The Morgan fingerprint density at radius 2 is 1.96 bits per heavy atom. The van der Waals surface area contributed by atoms with Gasteiger partial charge in [-0.1, -0.05) is 23.2 Å². The molecular formula is C17H23Cl2N4O3+. The van der Waals surface area contributed by atoms with E-state index in [1.165, 1.54) is 4.90 Å². The first-order chi connectivity index (χ1) is 12.3. The van der Waals surface area contributed by atoms with Crippen molar-refractivity contribution in [1.29, 1.82) is 0 Å². The van der Waals surface area contributed by atoms with Crippen molar-refractivity contribution in [2.75, 3.05) is 32.0 Å². The zero-order chi connectivity index (χ0) is 19.3. The van der Waals surface area contributed by atoms with Crippen LogP contribution in [0.2, 0.25) is 10.0 Å². The Morgan fingerprint density at radius 1 is 1.23 bits per heavy atom. The van der Waals surface area contributed by atoms with E-state index in [0.29, 0.717) is 33.6 Å². The third-order valence-electron chi connectivity index (χ3n) is 4.27. The third kappa shape index (κ3) is 5.59. The summed E-state index contributed by atoms with van der Waals surface area (Å²) in [7, 11) is 1.75. The number of likely N-dealkylation sites (tertiary alicyclic amines) is 1. The molecule has 1 unspecified atom stereocenters. The lowest BCUT2D eigenvalue weighted by Gasteiger charge is -2.33. The number of nitrogens with zero attached hydrogens (tertiary/aromatic N) is 1. The Balaban J connectivity index is 1.87. The molecule has 9 heteroatoms. The highest BCUT2D eigenvalue weighted by molar-refractivity contribution is 6.42. The number of hydrogen-bond donors (Lipinski definition) is 3. The second kappa shape index (κ2) is 9.21. The normalized spacial score (nSPS) is 18.3. The molecule has 1 aromatic carbocycles. The Morgan fingerprint density at radius 3 is 2.62 bits per heavy atom. The van der Waals surface area contributed by atoms with Crippen LogP contribution in [0.25, 0.3) is 0 Å². The van der Waals surface area contributed by atoms with Gasteiger partial charge < -0.3 is 20.9 Å². The summed E-state index contributed by atoms with van der Waals surface area (Å²) >= 11 is 11.8. The first-order valence-electron chi connectivity index (χ1n) is 8.43. The number of benzene rings is 1. The van der Waals surface area contributed by atoms with Crippen molar-refractivity contribution < 1.29 is 19.3 Å². The maximum atomic E-state index is 12.5. The van der Waals surface area contributed by atoms with Crippen LogP contribution in [0.5, 0.6) is 0 Å². The Hall–Kier alpha value is -1.83. The van der Waals surface area contributed by atoms with Gasteiger partial charge in [-0.25, -0.2) is 0 Å². The number of quaternary nitrogens is 1. The number of carbonyl (C=O) groups excluding carboxylic acids is 3. The van der Waals surface area contributed by atoms with Crippen LogP contribution in [0, 0.1) is 0 Å². The number of primary amides is 1. The van der Waals surface area contributed by atoms with Crippen LogP contribution < -0.4 is 16.0 Å². The molecule has 0 radical (unpaired) electrons. The molecule has 3 amide bonds. The Kier molecular flexibility index (Phi) is 7.25. The molecule has 0 bridgehead atoms. The minimum absolute atomic E-state index is 0.0983. The van der Waals surface area contributed by atoms with Crippen LogP contribution in [-0.4, -0.2) is 55.3 Å². The number of nitrogens with one attached hydrogen (secondary N) is 2. The van der Waals surface area contributed by atoms with Gasteiger partial charge in [-0.2, -0.15) is 0 Å². The van der Waals surface area contributed by atoms with E-state index in [9.17, 15) is 14.4 Å². The molecule has 1 heterocycles. The van der Waals surface area contributed by atoms with E-state index < -0.39 is 11.9 Å². The van der Waals surface area contributed by atoms with Gasteiger partial charge in [0.15, 0.2) is 13.1 Å². The van der Waals surface area contributed by atoms with Gasteiger partial charge in [0.2, 0.25) is 5.91 Å². The van der Waals surface area contributed by atoms with E-state index in [4.69, 9.17) is 28.9 Å². The van der Waals surface area contributed by atoms with Gasteiger partial charge in [0, 0.05) is 12.2 Å². The maximum absolute atomic E-state index is 12.5. The summed E-state index contributed by atoms with van der Waals surface area (Å²) in [5.74, 6) is -0.903. The van der Waals surface area contributed by atoms with E-state index in [-0.39, 0.29) is 24.9 Å². The molecule has 142 valence electrons. The summed E-state index contributed by atoms with van der Waals surface area (Å²) in [4.78, 5) is 38.4. The van der Waals surface area contributed by atoms with Gasteiger partial charge in [-0.15, -0.1) is 0 Å². The first kappa shape index (κ1) is 20.5. The number of piperidine rings is 1. The lowest BCUT2D eigenvalue weighted by molar-refractivity contribution is -0.862. The summed E-state index contributed by atoms with van der Waals surface area (Å²) in [6.45, 7) is 0.731. The third-order valence-corrected chi connectivity index (χ3v) is 5.01. The van der Waals surface area contributed by atoms with Crippen LogP contribution in [0.15, 0.2) is 18.2 Å². The van der Waals surface area contributed by atoms with E-state index in [1.54, 1.807) is 25.2 Å². The predicted octanol–water partition coefficient (Wildman–Crippen LogP) is 0.313. The van der Waals surface area contributed by atoms with E-state index >= 15 is 0 Å². The highest BCUT2D eigenvalue weighted by atomic mass is 35.5. The van der Waals surface area contributed by atoms with Crippen molar-refractivity contribution in [3.05, 3.63) is 28.2 Å². The Bertz CT molecular complexity index is 699. The topological polar surface area (TPSA) is 96.9 Å². The number of halogens is 2. The average molecular weight is 402 g/mol. The van der Waals surface area contributed by atoms with Crippen LogP contribution in [0.3, 0.4) is 0 Å². The molecule has 2 rings (SSSR count). The van der Waals surface area contributed by atoms with Gasteiger partial charge in [0.25, 0.3) is 11.8 Å².